The van der Waals surface area contributed by atoms with E-state index in [1.54, 1.807) is 0 Å². The van der Waals surface area contributed by atoms with Crippen LogP contribution in [-0.4, -0.2) is 20.5 Å². The number of pyridine rings is 1. The molecule has 2 rings (SSSR count). The van der Waals surface area contributed by atoms with Gasteiger partial charge in [-0.1, -0.05) is 0 Å². The van der Waals surface area contributed by atoms with E-state index >= 15 is 0 Å². The first-order valence-corrected chi connectivity index (χ1v) is 8.69. The molecule has 0 bridgehead atoms. The molecule has 0 radical (unpaired) electrons. The highest BCUT2D eigenvalue weighted by Crippen LogP contribution is 2.30. The number of ether oxygens (including phenoxy) is 1. The molecule has 21 heavy (non-hydrogen) atoms. The molecule has 1 aliphatic rings. The Morgan fingerprint density at radius 1 is 1.48 bits per heavy atom. The summed E-state index contributed by atoms with van der Waals surface area (Å²) in [6, 6.07) is 2.06. The largest absolute Gasteiger partial charge is 0.477 e. The molecule has 0 aliphatic heterocycles. The van der Waals surface area contributed by atoms with Gasteiger partial charge in [0.25, 0.3) is 0 Å². The highest BCUT2D eigenvalue weighted by Gasteiger charge is 2.23. The first kappa shape index (κ1) is 16.4. The molecule has 0 aromatic carbocycles. The van der Waals surface area contributed by atoms with Gasteiger partial charge in [-0.05, 0) is 65.0 Å². The summed E-state index contributed by atoms with van der Waals surface area (Å²) in [6.45, 7) is 10.7. The van der Waals surface area contributed by atoms with Gasteiger partial charge in [-0.2, -0.15) is 0 Å². The van der Waals surface area contributed by atoms with Crippen LogP contribution in [0.4, 0.5) is 0 Å². The summed E-state index contributed by atoms with van der Waals surface area (Å²) in [4.78, 5) is 4.41. The van der Waals surface area contributed by atoms with E-state index in [1.165, 1.54) is 12.8 Å². The van der Waals surface area contributed by atoms with Gasteiger partial charge in [0.05, 0.1) is 22.3 Å². The normalized spacial score (nSPS) is 18.3. The van der Waals surface area contributed by atoms with Gasteiger partial charge in [0.15, 0.2) is 0 Å². The summed E-state index contributed by atoms with van der Waals surface area (Å²) < 4.78 is 20.7. The van der Waals surface area contributed by atoms with Crippen molar-refractivity contribution < 1.29 is 8.95 Å². The Morgan fingerprint density at radius 3 is 2.67 bits per heavy atom. The molecular weight excluding hydrogens is 284 g/mol. The Hall–Kier alpha value is -0.940. The van der Waals surface area contributed by atoms with Crippen molar-refractivity contribution in [2.75, 3.05) is 6.61 Å². The van der Waals surface area contributed by atoms with Crippen LogP contribution < -0.4 is 9.46 Å². The standard InChI is InChI=1S/C16H26N2O2S/c1-11-8-14(12(2)18-21(19)16(3,4)5)9-17-15(11)20-10-13-6-7-13/h8-9,12-13,18H,6-7,10H2,1-5H3/t12?,21-/m1/s1. The molecule has 0 saturated heterocycles. The van der Waals surface area contributed by atoms with Crippen LogP contribution in [0.15, 0.2) is 12.3 Å². The molecule has 1 fully saturated rings. The van der Waals surface area contributed by atoms with E-state index in [1.807, 2.05) is 40.8 Å². The number of aromatic nitrogens is 1. The molecule has 1 unspecified atom stereocenters. The predicted molar refractivity (Wildman–Crippen MR) is 86.6 cm³/mol. The molecule has 118 valence electrons. The number of rotatable bonds is 6. The Bertz CT molecular complexity index is 521. The topological polar surface area (TPSA) is 51.2 Å². The minimum Gasteiger partial charge on any atom is -0.477 e. The fraction of sp³-hybridized carbons (Fsp3) is 0.688. The lowest BCUT2D eigenvalue weighted by Gasteiger charge is -2.22. The van der Waals surface area contributed by atoms with Gasteiger partial charge < -0.3 is 4.74 Å². The van der Waals surface area contributed by atoms with Crippen molar-refractivity contribution >= 4 is 11.0 Å². The molecule has 1 N–H and O–H groups in total. The lowest BCUT2D eigenvalue weighted by Crippen LogP contribution is -2.34. The van der Waals surface area contributed by atoms with Gasteiger partial charge in [-0.15, -0.1) is 0 Å². The molecule has 1 aromatic heterocycles. The first-order valence-electron chi connectivity index (χ1n) is 7.54. The van der Waals surface area contributed by atoms with E-state index in [4.69, 9.17) is 4.74 Å². The summed E-state index contributed by atoms with van der Waals surface area (Å²) in [5.74, 6) is 1.44. The Morgan fingerprint density at radius 2 is 2.14 bits per heavy atom. The predicted octanol–water partition coefficient (Wildman–Crippen LogP) is 3.29. The average molecular weight is 310 g/mol. The first-order chi connectivity index (χ1) is 9.77. The average Bonchev–Trinajstić information content (AvgIpc) is 3.20. The van der Waals surface area contributed by atoms with Gasteiger partial charge in [-0.3, -0.25) is 0 Å². The number of nitrogens with zero attached hydrogens (tertiary/aromatic N) is 1. The van der Waals surface area contributed by atoms with Crippen LogP contribution in [0.5, 0.6) is 5.88 Å². The van der Waals surface area contributed by atoms with E-state index in [2.05, 4.69) is 15.8 Å². The van der Waals surface area contributed by atoms with Crippen molar-refractivity contribution in [3.05, 3.63) is 23.4 Å². The number of hydrogen-bond acceptors (Lipinski definition) is 3. The molecule has 0 spiro atoms. The van der Waals surface area contributed by atoms with Crippen molar-refractivity contribution in [3.63, 3.8) is 0 Å². The monoisotopic (exact) mass is 310 g/mol. The second-order valence-corrected chi connectivity index (χ2v) is 8.86. The van der Waals surface area contributed by atoms with Crippen LogP contribution in [0.2, 0.25) is 0 Å². The minimum atomic E-state index is -1.09. The van der Waals surface area contributed by atoms with Crippen LogP contribution in [-0.2, 0) is 11.0 Å². The fourth-order valence-electron chi connectivity index (χ4n) is 1.86. The van der Waals surface area contributed by atoms with E-state index in [9.17, 15) is 4.21 Å². The third-order valence-corrected chi connectivity index (χ3v) is 5.22. The van der Waals surface area contributed by atoms with E-state index in [-0.39, 0.29) is 10.8 Å². The number of aryl methyl sites for hydroxylation is 1. The number of hydrogen-bond donors (Lipinski definition) is 1. The van der Waals surface area contributed by atoms with Crippen molar-refractivity contribution in [3.8, 4) is 5.88 Å². The zero-order chi connectivity index (χ0) is 15.6. The molecular formula is C16H26N2O2S. The maximum atomic E-state index is 12.1. The SMILES string of the molecule is Cc1cc(C(C)N[S@](=O)C(C)(C)C)cnc1OCC1CC1. The fourth-order valence-corrected chi connectivity index (χ4v) is 2.67. The molecule has 1 aromatic rings. The van der Waals surface area contributed by atoms with Gasteiger partial charge >= 0.3 is 0 Å². The lowest BCUT2D eigenvalue weighted by molar-refractivity contribution is 0.286. The summed E-state index contributed by atoms with van der Waals surface area (Å²) in [7, 11) is -1.09. The van der Waals surface area contributed by atoms with Crippen LogP contribution in [0.25, 0.3) is 0 Å². The zero-order valence-electron chi connectivity index (χ0n) is 13.6. The smallest absolute Gasteiger partial charge is 0.216 e. The van der Waals surface area contributed by atoms with E-state index in [0.717, 1.165) is 29.5 Å². The summed E-state index contributed by atoms with van der Waals surface area (Å²) in [5.41, 5.74) is 2.06. The molecule has 1 heterocycles. The number of nitrogens with one attached hydrogen (secondary N) is 1. The van der Waals surface area contributed by atoms with Crippen LogP contribution in [0.1, 0.15) is 57.7 Å². The molecule has 4 nitrogen and oxygen atoms in total. The second kappa shape index (κ2) is 6.44. The second-order valence-electron chi connectivity index (χ2n) is 6.87. The lowest BCUT2D eigenvalue weighted by atomic mass is 10.1. The molecule has 5 heteroatoms. The van der Waals surface area contributed by atoms with Gasteiger partial charge in [0, 0.05) is 17.8 Å². The maximum Gasteiger partial charge on any atom is 0.216 e. The van der Waals surface area contributed by atoms with Gasteiger partial charge in [0.1, 0.15) is 0 Å². The zero-order valence-corrected chi connectivity index (χ0v) is 14.4. The highest BCUT2D eigenvalue weighted by molar-refractivity contribution is 7.84. The Labute approximate surface area is 130 Å². The third kappa shape index (κ3) is 4.78. The highest BCUT2D eigenvalue weighted by atomic mass is 32.2. The summed E-state index contributed by atoms with van der Waals surface area (Å²) in [6.07, 6.45) is 4.36. The van der Waals surface area contributed by atoms with Gasteiger partial charge in [0.2, 0.25) is 5.88 Å². The third-order valence-electron chi connectivity index (χ3n) is 3.54. The molecule has 1 saturated carbocycles. The Kier molecular flexibility index (Phi) is 5.04. The van der Waals surface area contributed by atoms with E-state index < -0.39 is 11.0 Å². The molecule has 0 amide bonds. The quantitative estimate of drug-likeness (QED) is 0.877. The summed E-state index contributed by atoms with van der Waals surface area (Å²) >= 11 is 0. The molecule has 1 aliphatic carbocycles. The van der Waals surface area contributed by atoms with E-state index in [0.29, 0.717) is 0 Å². The maximum absolute atomic E-state index is 12.1. The minimum absolute atomic E-state index is 0.00580. The van der Waals surface area contributed by atoms with Crippen LogP contribution >= 0.6 is 0 Å². The Balaban J connectivity index is 1.99. The van der Waals surface area contributed by atoms with Crippen molar-refractivity contribution in [1.29, 1.82) is 0 Å². The summed E-state index contributed by atoms with van der Waals surface area (Å²) in [5, 5.41) is 0. The van der Waals surface area contributed by atoms with Gasteiger partial charge in [-0.25, -0.2) is 13.9 Å². The van der Waals surface area contributed by atoms with Crippen molar-refractivity contribution in [2.24, 2.45) is 5.92 Å². The molecule has 2 atom stereocenters. The van der Waals surface area contributed by atoms with Crippen molar-refractivity contribution in [2.45, 2.75) is 58.2 Å². The van der Waals surface area contributed by atoms with Crippen LogP contribution in [0, 0.1) is 12.8 Å². The van der Waals surface area contributed by atoms with Crippen molar-refractivity contribution in [1.82, 2.24) is 9.71 Å². The van der Waals surface area contributed by atoms with Crippen LogP contribution in [0.3, 0.4) is 0 Å².